The van der Waals surface area contributed by atoms with Gasteiger partial charge in [-0.3, -0.25) is 4.79 Å². The van der Waals surface area contributed by atoms with Gasteiger partial charge in [0.1, 0.15) is 0 Å². The molecule has 0 saturated heterocycles. The van der Waals surface area contributed by atoms with Gasteiger partial charge in [-0.15, -0.1) is 0 Å². The molecule has 0 fully saturated rings. The molecule has 0 aliphatic heterocycles. The van der Waals surface area contributed by atoms with Crippen LogP contribution in [0.3, 0.4) is 0 Å². The molecular formula is C17H15BrClNO3. The quantitative estimate of drug-likeness (QED) is 0.555. The number of anilines is 1. The van der Waals surface area contributed by atoms with Crippen molar-refractivity contribution in [3.8, 4) is 11.5 Å². The number of allylic oxidation sites excluding steroid dienone is 1. The average molecular weight is 397 g/mol. The van der Waals surface area contributed by atoms with Gasteiger partial charge in [0.2, 0.25) is 0 Å². The zero-order valence-electron chi connectivity index (χ0n) is 12.6. The molecule has 0 aromatic heterocycles. The van der Waals surface area contributed by atoms with Crippen molar-refractivity contribution in [2.45, 2.75) is 0 Å². The van der Waals surface area contributed by atoms with Crippen molar-refractivity contribution in [3.05, 3.63) is 63.7 Å². The SMILES string of the molecule is COc1ccc(C(=O)/C=C/Nc2ccc(Br)cc2Cl)cc1OC. The van der Waals surface area contributed by atoms with Gasteiger partial charge in [0.05, 0.1) is 24.9 Å². The van der Waals surface area contributed by atoms with Gasteiger partial charge in [0, 0.05) is 22.3 Å². The number of ether oxygens (including phenoxy) is 2. The Kier molecular flexibility index (Phi) is 6.07. The van der Waals surface area contributed by atoms with Crippen LogP contribution in [-0.2, 0) is 0 Å². The van der Waals surface area contributed by atoms with E-state index in [9.17, 15) is 4.79 Å². The molecule has 23 heavy (non-hydrogen) atoms. The van der Waals surface area contributed by atoms with Gasteiger partial charge >= 0.3 is 0 Å². The van der Waals surface area contributed by atoms with E-state index in [4.69, 9.17) is 21.1 Å². The molecule has 0 aliphatic carbocycles. The molecule has 2 aromatic rings. The molecule has 0 aliphatic rings. The zero-order valence-corrected chi connectivity index (χ0v) is 14.9. The minimum atomic E-state index is -0.160. The highest BCUT2D eigenvalue weighted by molar-refractivity contribution is 9.10. The van der Waals surface area contributed by atoms with Crippen LogP contribution in [0.1, 0.15) is 10.4 Å². The maximum Gasteiger partial charge on any atom is 0.187 e. The molecule has 0 amide bonds. The van der Waals surface area contributed by atoms with Gasteiger partial charge in [-0.05, 0) is 36.4 Å². The van der Waals surface area contributed by atoms with Crippen molar-refractivity contribution in [2.24, 2.45) is 0 Å². The van der Waals surface area contributed by atoms with E-state index in [1.807, 2.05) is 12.1 Å². The molecule has 4 nitrogen and oxygen atoms in total. The van der Waals surface area contributed by atoms with Crippen LogP contribution in [-0.4, -0.2) is 20.0 Å². The first-order valence-electron chi connectivity index (χ1n) is 6.69. The third-order valence-corrected chi connectivity index (χ3v) is 3.88. The predicted octanol–water partition coefficient (Wildman–Crippen LogP) is 4.93. The van der Waals surface area contributed by atoms with Gasteiger partial charge in [0.15, 0.2) is 17.3 Å². The summed E-state index contributed by atoms with van der Waals surface area (Å²) in [6.45, 7) is 0. The fourth-order valence-corrected chi connectivity index (χ4v) is 2.63. The maximum absolute atomic E-state index is 12.2. The summed E-state index contributed by atoms with van der Waals surface area (Å²) in [6, 6.07) is 10.5. The molecule has 2 rings (SSSR count). The minimum absolute atomic E-state index is 0.160. The van der Waals surface area contributed by atoms with E-state index in [1.54, 1.807) is 37.6 Å². The first-order valence-corrected chi connectivity index (χ1v) is 7.86. The zero-order chi connectivity index (χ0) is 16.8. The molecule has 0 unspecified atom stereocenters. The van der Waals surface area contributed by atoms with Gasteiger partial charge in [-0.1, -0.05) is 27.5 Å². The highest BCUT2D eigenvalue weighted by Gasteiger charge is 2.08. The Balaban J connectivity index is 2.09. The monoisotopic (exact) mass is 395 g/mol. The number of benzene rings is 2. The first-order chi connectivity index (χ1) is 11.0. The fourth-order valence-electron chi connectivity index (χ4n) is 1.90. The molecule has 0 atom stereocenters. The summed E-state index contributed by atoms with van der Waals surface area (Å²) in [6.07, 6.45) is 2.98. The Morgan fingerprint density at radius 2 is 1.87 bits per heavy atom. The smallest absolute Gasteiger partial charge is 0.187 e. The van der Waals surface area contributed by atoms with Crippen molar-refractivity contribution in [2.75, 3.05) is 19.5 Å². The number of hydrogen-bond acceptors (Lipinski definition) is 4. The van der Waals surface area contributed by atoms with Gasteiger partial charge < -0.3 is 14.8 Å². The molecule has 0 radical (unpaired) electrons. The van der Waals surface area contributed by atoms with Gasteiger partial charge in [0.25, 0.3) is 0 Å². The third-order valence-electron chi connectivity index (χ3n) is 3.07. The number of hydrogen-bond donors (Lipinski definition) is 1. The van der Waals surface area contributed by atoms with Crippen LogP contribution in [0, 0.1) is 0 Å². The second-order valence-corrected chi connectivity index (χ2v) is 5.86. The van der Waals surface area contributed by atoms with Crippen LogP contribution < -0.4 is 14.8 Å². The number of carbonyl (C=O) groups excluding carboxylic acids is 1. The highest BCUT2D eigenvalue weighted by atomic mass is 79.9. The minimum Gasteiger partial charge on any atom is -0.493 e. The lowest BCUT2D eigenvalue weighted by Crippen LogP contribution is -1.99. The van der Waals surface area contributed by atoms with Crippen LogP contribution in [0.2, 0.25) is 5.02 Å². The number of rotatable bonds is 6. The third kappa shape index (κ3) is 4.50. The van der Waals surface area contributed by atoms with Crippen molar-refractivity contribution in [3.63, 3.8) is 0 Å². The number of carbonyl (C=O) groups is 1. The Hall–Kier alpha value is -1.98. The molecular weight excluding hydrogens is 382 g/mol. The van der Waals surface area contributed by atoms with Crippen molar-refractivity contribution in [1.29, 1.82) is 0 Å². The molecule has 0 bridgehead atoms. The number of methoxy groups -OCH3 is 2. The Morgan fingerprint density at radius 1 is 1.13 bits per heavy atom. The molecule has 6 heteroatoms. The normalized spacial score (nSPS) is 10.6. The lowest BCUT2D eigenvalue weighted by Gasteiger charge is -2.08. The Labute approximate surface area is 148 Å². The molecule has 120 valence electrons. The predicted molar refractivity (Wildman–Crippen MR) is 95.8 cm³/mol. The van der Waals surface area contributed by atoms with E-state index in [-0.39, 0.29) is 5.78 Å². The molecule has 1 N–H and O–H groups in total. The highest BCUT2D eigenvalue weighted by Crippen LogP contribution is 2.28. The average Bonchev–Trinajstić information content (AvgIpc) is 2.56. The molecule has 0 spiro atoms. The largest absolute Gasteiger partial charge is 0.493 e. The second-order valence-electron chi connectivity index (χ2n) is 4.54. The molecule has 0 heterocycles. The van der Waals surface area contributed by atoms with E-state index in [0.29, 0.717) is 27.8 Å². The summed E-state index contributed by atoms with van der Waals surface area (Å²) < 4.78 is 11.2. The Bertz CT molecular complexity index is 747. The van der Waals surface area contributed by atoms with E-state index in [2.05, 4.69) is 21.2 Å². The van der Waals surface area contributed by atoms with E-state index >= 15 is 0 Å². The van der Waals surface area contributed by atoms with Crippen LogP contribution >= 0.6 is 27.5 Å². The summed E-state index contributed by atoms with van der Waals surface area (Å²) in [5, 5.41) is 3.54. The lowest BCUT2D eigenvalue weighted by molar-refractivity contribution is 0.104. The lowest BCUT2D eigenvalue weighted by atomic mass is 10.1. The van der Waals surface area contributed by atoms with Gasteiger partial charge in [-0.25, -0.2) is 0 Å². The first kappa shape index (κ1) is 17.4. The summed E-state index contributed by atoms with van der Waals surface area (Å²) in [5.41, 5.74) is 1.22. The van der Waals surface area contributed by atoms with Crippen molar-refractivity contribution in [1.82, 2.24) is 0 Å². The van der Waals surface area contributed by atoms with Crippen LogP contribution in [0.5, 0.6) is 11.5 Å². The van der Waals surface area contributed by atoms with Crippen molar-refractivity contribution < 1.29 is 14.3 Å². The van der Waals surface area contributed by atoms with Gasteiger partial charge in [-0.2, -0.15) is 0 Å². The van der Waals surface area contributed by atoms with Crippen molar-refractivity contribution >= 4 is 39.0 Å². The molecule has 0 saturated carbocycles. The van der Waals surface area contributed by atoms with E-state index < -0.39 is 0 Å². The van der Waals surface area contributed by atoms with Crippen LogP contribution in [0.4, 0.5) is 5.69 Å². The van der Waals surface area contributed by atoms with Crippen LogP contribution in [0.25, 0.3) is 0 Å². The molecule has 2 aromatic carbocycles. The summed E-state index contributed by atoms with van der Waals surface area (Å²) in [7, 11) is 3.07. The Morgan fingerprint density at radius 3 is 2.52 bits per heavy atom. The maximum atomic E-state index is 12.2. The topological polar surface area (TPSA) is 47.6 Å². The number of nitrogens with one attached hydrogen (secondary N) is 1. The summed E-state index contributed by atoms with van der Waals surface area (Å²) in [5.74, 6) is 0.926. The second kappa shape index (κ2) is 8.04. The van der Waals surface area contributed by atoms with E-state index in [0.717, 1.165) is 4.47 Å². The standard InChI is InChI=1S/C17H15BrClNO3/c1-22-16-6-3-11(9-17(16)23-2)15(21)7-8-20-14-5-4-12(18)10-13(14)19/h3-10,20H,1-2H3/b8-7+. The summed E-state index contributed by atoms with van der Waals surface area (Å²) >= 11 is 9.43. The fraction of sp³-hybridized carbons (Fsp3) is 0.118. The van der Waals surface area contributed by atoms with E-state index in [1.165, 1.54) is 13.2 Å². The van der Waals surface area contributed by atoms with Crippen LogP contribution in [0.15, 0.2) is 53.1 Å². The summed E-state index contributed by atoms with van der Waals surface area (Å²) in [4.78, 5) is 12.2. The number of halogens is 2. The number of ketones is 1.